The highest BCUT2D eigenvalue weighted by molar-refractivity contribution is 9.10. The van der Waals surface area contributed by atoms with E-state index >= 15 is 0 Å². The third-order valence-electron chi connectivity index (χ3n) is 3.90. The molecule has 1 fully saturated rings. The number of rotatable bonds is 4. The van der Waals surface area contributed by atoms with Gasteiger partial charge in [-0.1, -0.05) is 35.0 Å². The molecule has 0 N–H and O–H groups in total. The Balaban J connectivity index is 2.07. The highest BCUT2D eigenvalue weighted by Crippen LogP contribution is 2.26. The van der Waals surface area contributed by atoms with E-state index in [1.807, 2.05) is 24.3 Å². The number of benzene rings is 1. The van der Waals surface area contributed by atoms with Crippen molar-refractivity contribution in [3.05, 3.63) is 34.3 Å². The van der Waals surface area contributed by atoms with Crippen LogP contribution in [0.5, 0.6) is 0 Å². The maximum absolute atomic E-state index is 12.3. The van der Waals surface area contributed by atoms with Gasteiger partial charge >= 0.3 is 0 Å². The number of likely N-dealkylation sites (tertiary alicyclic amines) is 1. The van der Waals surface area contributed by atoms with E-state index in [1.54, 1.807) is 0 Å². The summed E-state index contributed by atoms with van der Waals surface area (Å²) in [6.07, 6.45) is 3.57. The van der Waals surface area contributed by atoms with Crippen LogP contribution in [0.15, 0.2) is 28.7 Å². The first-order valence-corrected chi connectivity index (χ1v) is 7.45. The molecule has 2 unspecified atom stereocenters. The van der Waals surface area contributed by atoms with Crippen LogP contribution in [0, 0.1) is 0 Å². The lowest BCUT2D eigenvalue weighted by Gasteiger charge is -2.26. The predicted octanol–water partition coefficient (Wildman–Crippen LogP) is 3.89. The van der Waals surface area contributed by atoms with Crippen LogP contribution in [0.3, 0.4) is 0 Å². The van der Waals surface area contributed by atoms with E-state index < -0.39 is 0 Å². The number of halogens is 1. The maximum Gasteiger partial charge on any atom is 0.176 e. The fourth-order valence-corrected chi connectivity index (χ4v) is 3.17. The molecule has 2 atom stereocenters. The number of Topliss-reactive ketones (excluding diaryl/α,β-unsaturated/α-hetero) is 1. The van der Waals surface area contributed by atoms with Crippen molar-refractivity contribution in [3.63, 3.8) is 0 Å². The van der Waals surface area contributed by atoms with Gasteiger partial charge in [0.25, 0.3) is 0 Å². The van der Waals surface area contributed by atoms with Crippen molar-refractivity contribution in [2.24, 2.45) is 0 Å². The third-order valence-corrected chi connectivity index (χ3v) is 4.39. The molecule has 0 spiro atoms. The van der Waals surface area contributed by atoms with Crippen LogP contribution >= 0.6 is 15.9 Å². The van der Waals surface area contributed by atoms with E-state index in [2.05, 4.69) is 34.7 Å². The number of ketones is 1. The van der Waals surface area contributed by atoms with Crippen molar-refractivity contribution in [3.8, 4) is 0 Å². The Morgan fingerprint density at radius 2 is 2.22 bits per heavy atom. The van der Waals surface area contributed by atoms with Gasteiger partial charge < -0.3 is 0 Å². The minimum Gasteiger partial charge on any atom is -0.293 e. The summed E-state index contributed by atoms with van der Waals surface area (Å²) >= 11 is 3.41. The molecule has 1 saturated heterocycles. The molecule has 1 heterocycles. The first-order valence-electron chi connectivity index (χ1n) is 6.66. The van der Waals surface area contributed by atoms with Crippen molar-refractivity contribution in [2.45, 2.75) is 45.2 Å². The number of hydrogen-bond acceptors (Lipinski definition) is 2. The van der Waals surface area contributed by atoms with Crippen molar-refractivity contribution < 1.29 is 4.79 Å². The SMILES string of the molecule is CCC1CCC(C)N1CC(=O)c1cccc(Br)c1. The van der Waals surface area contributed by atoms with Gasteiger partial charge in [0, 0.05) is 22.1 Å². The molecule has 0 saturated carbocycles. The minimum absolute atomic E-state index is 0.225. The fourth-order valence-electron chi connectivity index (χ4n) is 2.77. The van der Waals surface area contributed by atoms with Crippen molar-refractivity contribution in [2.75, 3.05) is 6.54 Å². The number of carbonyl (C=O) groups excluding carboxylic acids is 1. The van der Waals surface area contributed by atoms with Gasteiger partial charge in [0.2, 0.25) is 0 Å². The third kappa shape index (κ3) is 3.01. The van der Waals surface area contributed by atoms with Crippen LogP contribution in [0.25, 0.3) is 0 Å². The van der Waals surface area contributed by atoms with E-state index in [9.17, 15) is 4.79 Å². The standard InChI is InChI=1S/C15H20BrNO/c1-3-14-8-7-11(2)17(14)10-15(18)12-5-4-6-13(16)9-12/h4-6,9,11,14H,3,7-8,10H2,1-2H3. The molecule has 2 rings (SSSR count). The maximum atomic E-state index is 12.3. The molecule has 0 bridgehead atoms. The van der Waals surface area contributed by atoms with Gasteiger partial charge in [-0.3, -0.25) is 9.69 Å². The molecule has 3 heteroatoms. The molecular formula is C15H20BrNO. The number of hydrogen-bond donors (Lipinski definition) is 0. The smallest absolute Gasteiger partial charge is 0.176 e. The van der Waals surface area contributed by atoms with Gasteiger partial charge in [-0.25, -0.2) is 0 Å². The quantitative estimate of drug-likeness (QED) is 0.786. The molecule has 0 aliphatic carbocycles. The lowest BCUT2D eigenvalue weighted by molar-refractivity contribution is 0.0889. The topological polar surface area (TPSA) is 20.3 Å². The highest BCUT2D eigenvalue weighted by Gasteiger charge is 2.30. The zero-order chi connectivity index (χ0) is 13.1. The average molecular weight is 310 g/mol. The molecule has 0 radical (unpaired) electrons. The molecule has 1 aromatic rings. The summed E-state index contributed by atoms with van der Waals surface area (Å²) in [6, 6.07) is 8.78. The molecular weight excluding hydrogens is 290 g/mol. The fraction of sp³-hybridized carbons (Fsp3) is 0.533. The zero-order valence-corrected chi connectivity index (χ0v) is 12.6. The van der Waals surface area contributed by atoms with Crippen LogP contribution in [0.4, 0.5) is 0 Å². The Labute approximate surface area is 117 Å². The lowest BCUT2D eigenvalue weighted by atomic mass is 10.1. The molecule has 1 aromatic carbocycles. The van der Waals surface area contributed by atoms with Crippen molar-refractivity contribution in [1.29, 1.82) is 0 Å². The predicted molar refractivity (Wildman–Crippen MR) is 78.0 cm³/mol. The normalized spacial score (nSPS) is 24.4. The summed E-state index contributed by atoms with van der Waals surface area (Å²) in [5, 5.41) is 0. The second kappa shape index (κ2) is 5.98. The van der Waals surface area contributed by atoms with Gasteiger partial charge in [0.1, 0.15) is 0 Å². The Kier molecular flexibility index (Phi) is 4.57. The van der Waals surface area contributed by atoms with Crippen LogP contribution in [-0.2, 0) is 0 Å². The second-order valence-corrected chi connectivity index (χ2v) is 6.01. The van der Waals surface area contributed by atoms with Gasteiger partial charge in [-0.15, -0.1) is 0 Å². The van der Waals surface area contributed by atoms with Crippen molar-refractivity contribution in [1.82, 2.24) is 4.90 Å². The van der Waals surface area contributed by atoms with E-state index in [4.69, 9.17) is 0 Å². The zero-order valence-electron chi connectivity index (χ0n) is 11.0. The summed E-state index contributed by atoms with van der Waals surface area (Å²) in [4.78, 5) is 14.7. The molecule has 1 aliphatic heterocycles. The van der Waals surface area contributed by atoms with Crippen LogP contribution in [0.1, 0.15) is 43.5 Å². The van der Waals surface area contributed by atoms with Crippen LogP contribution in [0.2, 0.25) is 0 Å². The Morgan fingerprint density at radius 3 is 2.89 bits per heavy atom. The summed E-state index contributed by atoms with van der Waals surface area (Å²) in [5.74, 6) is 0.225. The van der Waals surface area contributed by atoms with Crippen LogP contribution in [-0.4, -0.2) is 29.3 Å². The first kappa shape index (κ1) is 13.8. The van der Waals surface area contributed by atoms with E-state index in [0.29, 0.717) is 18.6 Å². The summed E-state index contributed by atoms with van der Waals surface area (Å²) in [7, 11) is 0. The highest BCUT2D eigenvalue weighted by atomic mass is 79.9. The van der Waals surface area contributed by atoms with E-state index in [1.165, 1.54) is 12.8 Å². The molecule has 0 aromatic heterocycles. The van der Waals surface area contributed by atoms with Gasteiger partial charge in [0.15, 0.2) is 5.78 Å². The summed E-state index contributed by atoms with van der Waals surface area (Å²) < 4.78 is 0.967. The van der Waals surface area contributed by atoms with Gasteiger partial charge in [-0.2, -0.15) is 0 Å². The lowest BCUT2D eigenvalue weighted by Crippen LogP contribution is -2.38. The minimum atomic E-state index is 0.225. The van der Waals surface area contributed by atoms with Gasteiger partial charge in [-0.05, 0) is 38.3 Å². The van der Waals surface area contributed by atoms with Crippen molar-refractivity contribution >= 4 is 21.7 Å². The molecule has 1 aliphatic rings. The second-order valence-electron chi connectivity index (χ2n) is 5.09. The van der Waals surface area contributed by atoms with E-state index in [-0.39, 0.29) is 5.78 Å². The number of nitrogens with zero attached hydrogens (tertiary/aromatic N) is 1. The van der Waals surface area contributed by atoms with Gasteiger partial charge in [0.05, 0.1) is 6.54 Å². The monoisotopic (exact) mass is 309 g/mol. The largest absolute Gasteiger partial charge is 0.293 e. The average Bonchev–Trinajstić information content (AvgIpc) is 2.70. The molecule has 98 valence electrons. The van der Waals surface area contributed by atoms with Crippen LogP contribution < -0.4 is 0 Å². The summed E-state index contributed by atoms with van der Waals surface area (Å²) in [5.41, 5.74) is 0.804. The Bertz CT molecular complexity index is 432. The molecule has 2 nitrogen and oxygen atoms in total. The Morgan fingerprint density at radius 1 is 1.44 bits per heavy atom. The summed E-state index contributed by atoms with van der Waals surface area (Å²) in [6.45, 7) is 4.99. The number of carbonyl (C=O) groups is 1. The molecule has 18 heavy (non-hydrogen) atoms. The first-order chi connectivity index (χ1) is 8.61. The molecule has 0 amide bonds. The Hall–Kier alpha value is -0.670. The van der Waals surface area contributed by atoms with E-state index in [0.717, 1.165) is 16.5 Å².